The fourth-order valence-corrected chi connectivity index (χ4v) is 2.10. The van der Waals surface area contributed by atoms with Gasteiger partial charge in [0.15, 0.2) is 0 Å². The first-order chi connectivity index (χ1) is 10.5. The maximum Gasteiger partial charge on any atom is 0.323 e. The van der Waals surface area contributed by atoms with Gasteiger partial charge < -0.3 is 14.7 Å². The molecule has 0 aromatic heterocycles. The summed E-state index contributed by atoms with van der Waals surface area (Å²) in [5.41, 5.74) is 0.831. The molecule has 1 aromatic carbocycles. The van der Waals surface area contributed by atoms with Crippen LogP contribution in [-0.4, -0.2) is 41.1 Å². The average molecular weight is 307 g/mol. The van der Waals surface area contributed by atoms with Crippen molar-refractivity contribution < 1.29 is 19.4 Å². The zero-order valence-electron chi connectivity index (χ0n) is 13.5. The van der Waals surface area contributed by atoms with Crippen molar-refractivity contribution >= 4 is 11.9 Å². The Labute approximate surface area is 131 Å². The van der Waals surface area contributed by atoms with E-state index in [0.29, 0.717) is 6.61 Å². The molecule has 0 aliphatic carbocycles. The largest absolute Gasteiger partial charge is 0.494 e. The molecular weight excluding hydrogens is 282 g/mol. The third-order valence-corrected chi connectivity index (χ3v) is 3.48. The number of nitrogens with zero attached hydrogens (tertiary/aromatic N) is 1. The van der Waals surface area contributed by atoms with Gasteiger partial charge in [-0.1, -0.05) is 26.0 Å². The van der Waals surface area contributed by atoms with Crippen LogP contribution in [0.15, 0.2) is 24.3 Å². The number of benzene rings is 1. The van der Waals surface area contributed by atoms with Crippen LogP contribution in [0.25, 0.3) is 0 Å². The topological polar surface area (TPSA) is 66.8 Å². The molecule has 0 bridgehead atoms. The van der Waals surface area contributed by atoms with Gasteiger partial charge in [0, 0.05) is 6.04 Å². The molecule has 0 radical (unpaired) electrons. The Hall–Kier alpha value is -2.04. The first kappa shape index (κ1) is 18.0. The number of carbonyl (C=O) groups excluding carboxylic acids is 1. The van der Waals surface area contributed by atoms with Crippen LogP contribution in [0.4, 0.5) is 0 Å². The minimum atomic E-state index is -0.992. The van der Waals surface area contributed by atoms with E-state index >= 15 is 0 Å². The maximum atomic E-state index is 12.4. The lowest BCUT2D eigenvalue weighted by molar-refractivity contribution is -0.145. The molecule has 5 heteroatoms. The summed E-state index contributed by atoms with van der Waals surface area (Å²) < 4.78 is 5.55. The zero-order valence-corrected chi connectivity index (χ0v) is 13.5. The Balaban J connectivity index is 2.77. The molecule has 1 amide bonds. The summed E-state index contributed by atoms with van der Waals surface area (Å²) in [6.45, 7) is 6.20. The summed E-state index contributed by atoms with van der Waals surface area (Å²) in [4.78, 5) is 24.8. The van der Waals surface area contributed by atoms with Crippen LogP contribution < -0.4 is 4.74 Å². The summed E-state index contributed by atoms with van der Waals surface area (Å²) in [7, 11) is 0. The highest BCUT2D eigenvalue weighted by molar-refractivity contribution is 5.83. The lowest BCUT2D eigenvalue weighted by atomic mass is 10.1. The van der Waals surface area contributed by atoms with E-state index in [2.05, 4.69) is 0 Å². The number of carboxylic acids is 1. The standard InChI is InChI=1S/C17H25NO4/c1-4-9-22-15-8-6-7-14(10-15)11-16(19)18(12-17(20)21)13(3)5-2/h6-8,10,13H,4-5,9,11-12H2,1-3H3,(H,20,21). The third-order valence-electron chi connectivity index (χ3n) is 3.48. The second-order valence-corrected chi connectivity index (χ2v) is 5.35. The Morgan fingerprint density at radius 3 is 2.64 bits per heavy atom. The quantitative estimate of drug-likeness (QED) is 0.762. The van der Waals surface area contributed by atoms with Gasteiger partial charge in [0.25, 0.3) is 0 Å². The molecule has 0 fully saturated rings. The van der Waals surface area contributed by atoms with Crippen LogP contribution in [-0.2, 0) is 16.0 Å². The SMILES string of the molecule is CCCOc1cccc(CC(=O)N(CC(=O)O)C(C)CC)c1. The van der Waals surface area contributed by atoms with Gasteiger partial charge in [0.2, 0.25) is 5.91 Å². The molecule has 0 saturated carbocycles. The molecule has 0 spiro atoms. The number of rotatable bonds is 9. The Morgan fingerprint density at radius 2 is 2.05 bits per heavy atom. The van der Waals surface area contributed by atoms with Crippen LogP contribution in [0.3, 0.4) is 0 Å². The van der Waals surface area contributed by atoms with Crippen LogP contribution >= 0.6 is 0 Å². The van der Waals surface area contributed by atoms with Crippen LogP contribution in [0.2, 0.25) is 0 Å². The highest BCUT2D eigenvalue weighted by Crippen LogP contribution is 2.15. The number of carboxylic acid groups (broad SMARTS) is 1. The highest BCUT2D eigenvalue weighted by atomic mass is 16.5. The fourth-order valence-electron chi connectivity index (χ4n) is 2.10. The van der Waals surface area contributed by atoms with Crippen molar-refractivity contribution in [2.75, 3.05) is 13.2 Å². The monoisotopic (exact) mass is 307 g/mol. The van der Waals surface area contributed by atoms with E-state index < -0.39 is 5.97 Å². The number of hydrogen-bond donors (Lipinski definition) is 1. The van der Waals surface area contributed by atoms with Crippen LogP contribution in [0, 0.1) is 0 Å². The number of carbonyl (C=O) groups is 2. The summed E-state index contributed by atoms with van der Waals surface area (Å²) in [5.74, 6) is -0.432. The predicted molar refractivity (Wildman–Crippen MR) is 85.0 cm³/mol. The predicted octanol–water partition coefficient (Wildman–Crippen LogP) is 2.73. The normalized spacial score (nSPS) is 11.8. The number of ether oxygens (including phenoxy) is 1. The maximum absolute atomic E-state index is 12.4. The molecule has 1 aromatic rings. The van der Waals surface area contributed by atoms with Gasteiger partial charge in [-0.15, -0.1) is 0 Å². The first-order valence-corrected chi connectivity index (χ1v) is 7.70. The molecule has 122 valence electrons. The molecule has 1 N–H and O–H groups in total. The zero-order chi connectivity index (χ0) is 16.5. The Kier molecular flexibility index (Phi) is 7.43. The van der Waals surface area contributed by atoms with Crippen molar-refractivity contribution in [3.05, 3.63) is 29.8 Å². The molecule has 0 aliphatic rings. The van der Waals surface area contributed by atoms with Gasteiger partial charge >= 0.3 is 5.97 Å². The highest BCUT2D eigenvalue weighted by Gasteiger charge is 2.21. The molecular formula is C17H25NO4. The van der Waals surface area contributed by atoms with Crippen LogP contribution in [0.5, 0.6) is 5.75 Å². The molecule has 1 atom stereocenters. The Bertz CT molecular complexity index is 501. The number of aliphatic carboxylic acids is 1. The third kappa shape index (κ3) is 5.76. The van der Waals surface area contributed by atoms with Crippen molar-refractivity contribution in [2.45, 2.75) is 46.1 Å². The van der Waals surface area contributed by atoms with E-state index in [4.69, 9.17) is 9.84 Å². The van der Waals surface area contributed by atoms with E-state index in [1.165, 1.54) is 4.90 Å². The van der Waals surface area contributed by atoms with Gasteiger partial charge in [0.05, 0.1) is 13.0 Å². The minimum Gasteiger partial charge on any atom is -0.494 e. The van der Waals surface area contributed by atoms with E-state index in [0.717, 1.165) is 24.2 Å². The molecule has 0 heterocycles. The van der Waals surface area contributed by atoms with Gasteiger partial charge in [0.1, 0.15) is 12.3 Å². The molecule has 5 nitrogen and oxygen atoms in total. The van der Waals surface area contributed by atoms with Crippen molar-refractivity contribution in [1.82, 2.24) is 4.90 Å². The smallest absolute Gasteiger partial charge is 0.323 e. The van der Waals surface area contributed by atoms with Gasteiger partial charge in [-0.2, -0.15) is 0 Å². The fraction of sp³-hybridized carbons (Fsp3) is 0.529. The van der Waals surface area contributed by atoms with Crippen molar-refractivity contribution in [3.63, 3.8) is 0 Å². The van der Waals surface area contributed by atoms with Crippen molar-refractivity contribution in [1.29, 1.82) is 0 Å². The molecule has 0 saturated heterocycles. The Morgan fingerprint density at radius 1 is 1.32 bits per heavy atom. The average Bonchev–Trinajstić information content (AvgIpc) is 2.50. The van der Waals surface area contributed by atoms with Gasteiger partial charge in [-0.05, 0) is 37.5 Å². The number of amides is 1. The van der Waals surface area contributed by atoms with Crippen molar-refractivity contribution in [2.24, 2.45) is 0 Å². The summed E-state index contributed by atoms with van der Waals surface area (Å²) >= 11 is 0. The molecule has 0 aliphatic heterocycles. The second kappa shape index (κ2) is 9.07. The lowest BCUT2D eigenvalue weighted by Gasteiger charge is -2.27. The minimum absolute atomic E-state index is 0.0943. The number of hydrogen-bond acceptors (Lipinski definition) is 3. The lowest BCUT2D eigenvalue weighted by Crippen LogP contribution is -2.42. The molecule has 1 unspecified atom stereocenters. The van der Waals surface area contributed by atoms with E-state index in [9.17, 15) is 9.59 Å². The first-order valence-electron chi connectivity index (χ1n) is 7.70. The van der Waals surface area contributed by atoms with Crippen molar-refractivity contribution in [3.8, 4) is 5.75 Å². The van der Waals surface area contributed by atoms with E-state index in [-0.39, 0.29) is 24.9 Å². The van der Waals surface area contributed by atoms with E-state index in [1.807, 2.05) is 45.0 Å². The molecule has 22 heavy (non-hydrogen) atoms. The summed E-state index contributed by atoms with van der Waals surface area (Å²) in [6, 6.07) is 7.30. The van der Waals surface area contributed by atoms with E-state index in [1.54, 1.807) is 0 Å². The second-order valence-electron chi connectivity index (χ2n) is 5.35. The van der Waals surface area contributed by atoms with Gasteiger partial charge in [-0.25, -0.2) is 0 Å². The summed E-state index contributed by atoms with van der Waals surface area (Å²) in [5, 5.41) is 8.97. The summed E-state index contributed by atoms with van der Waals surface area (Å²) in [6.07, 6.45) is 1.82. The van der Waals surface area contributed by atoms with Crippen LogP contribution in [0.1, 0.15) is 39.2 Å². The molecule has 1 rings (SSSR count). The van der Waals surface area contributed by atoms with Gasteiger partial charge in [-0.3, -0.25) is 9.59 Å².